The Morgan fingerprint density at radius 3 is 2.00 bits per heavy atom. The molecule has 0 aliphatic heterocycles. The van der Waals surface area contributed by atoms with E-state index in [1.807, 2.05) is 6.92 Å². The third-order valence-corrected chi connectivity index (χ3v) is 5.33. The van der Waals surface area contributed by atoms with Crippen molar-refractivity contribution in [3.63, 3.8) is 0 Å². The SMILES string of the molecule is CCCOC(=O)C1c2ccc(cc2)CC(N(CC)CC)c2ccc1cc2. The van der Waals surface area contributed by atoms with Crippen LogP contribution < -0.4 is 0 Å². The molecule has 3 nitrogen and oxygen atoms in total. The molecule has 3 heteroatoms. The van der Waals surface area contributed by atoms with Gasteiger partial charge in [0.25, 0.3) is 0 Å². The first kappa shape index (κ1) is 18.7. The molecule has 0 N–H and O–H groups in total. The molecular formula is C23H29NO2. The summed E-state index contributed by atoms with van der Waals surface area (Å²) in [4.78, 5) is 15.2. The molecule has 6 rings (SSSR count). The van der Waals surface area contributed by atoms with Crippen molar-refractivity contribution in [3.05, 3.63) is 70.8 Å². The highest BCUT2D eigenvalue weighted by Gasteiger charge is 2.26. The maximum atomic E-state index is 12.7. The molecule has 0 heterocycles. The average Bonchev–Trinajstić information content (AvgIpc) is 2.75. The summed E-state index contributed by atoms with van der Waals surface area (Å²) in [6.45, 7) is 8.95. The first-order valence-corrected chi connectivity index (χ1v) is 9.77. The fourth-order valence-electron chi connectivity index (χ4n) is 3.85. The maximum Gasteiger partial charge on any atom is 0.317 e. The number of benzene rings is 2. The summed E-state index contributed by atoms with van der Waals surface area (Å²) in [5, 5.41) is 0. The molecule has 2 unspecified atom stereocenters. The predicted molar refractivity (Wildman–Crippen MR) is 105 cm³/mol. The summed E-state index contributed by atoms with van der Waals surface area (Å²) >= 11 is 0. The van der Waals surface area contributed by atoms with E-state index in [0.29, 0.717) is 12.6 Å². The van der Waals surface area contributed by atoms with Crippen molar-refractivity contribution in [2.45, 2.75) is 45.6 Å². The monoisotopic (exact) mass is 351 g/mol. The van der Waals surface area contributed by atoms with Gasteiger partial charge in [-0.25, -0.2) is 0 Å². The first-order valence-electron chi connectivity index (χ1n) is 9.77. The quantitative estimate of drug-likeness (QED) is 0.706. The fourth-order valence-corrected chi connectivity index (χ4v) is 3.85. The van der Waals surface area contributed by atoms with Crippen LogP contribution in [0.2, 0.25) is 0 Å². The van der Waals surface area contributed by atoms with Crippen molar-refractivity contribution >= 4 is 5.97 Å². The van der Waals surface area contributed by atoms with E-state index < -0.39 is 0 Å². The first-order chi connectivity index (χ1) is 12.7. The number of esters is 1. The molecule has 0 aromatic heterocycles. The van der Waals surface area contributed by atoms with Gasteiger partial charge < -0.3 is 4.74 Å². The normalized spacial score (nSPS) is 18.8. The van der Waals surface area contributed by atoms with Crippen LogP contribution >= 0.6 is 0 Å². The Kier molecular flexibility index (Phi) is 6.10. The van der Waals surface area contributed by atoms with Gasteiger partial charge in [0, 0.05) is 6.04 Å². The number of nitrogens with zero attached hydrogens (tertiary/aromatic N) is 1. The smallest absolute Gasteiger partial charge is 0.317 e. The van der Waals surface area contributed by atoms with Crippen LogP contribution in [0.25, 0.3) is 0 Å². The van der Waals surface area contributed by atoms with Crippen molar-refractivity contribution in [3.8, 4) is 0 Å². The van der Waals surface area contributed by atoms with Crippen LogP contribution in [0.3, 0.4) is 0 Å². The Morgan fingerprint density at radius 1 is 0.923 bits per heavy atom. The van der Waals surface area contributed by atoms with Gasteiger partial charge in [-0.2, -0.15) is 0 Å². The van der Waals surface area contributed by atoms with E-state index in [9.17, 15) is 4.79 Å². The molecule has 0 spiro atoms. The number of carbonyl (C=O) groups is 1. The second kappa shape index (κ2) is 8.50. The minimum atomic E-state index is -0.352. The van der Waals surface area contributed by atoms with E-state index in [4.69, 9.17) is 4.74 Å². The molecule has 2 aromatic carbocycles. The van der Waals surface area contributed by atoms with Gasteiger partial charge in [-0.3, -0.25) is 9.69 Å². The van der Waals surface area contributed by atoms with Gasteiger partial charge in [-0.15, -0.1) is 0 Å². The van der Waals surface area contributed by atoms with E-state index >= 15 is 0 Å². The molecule has 26 heavy (non-hydrogen) atoms. The van der Waals surface area contributed by atoms with Gasteiger partial charge in [-0.1, -0.05) is 69.3 Å². The van der Waals surface area contributed by atoms with E-state index in [1.165, 1.54) is 11.1 Å². The molecular weight excluding hydrogens is 322 g/mol. The van der Waals surface area contributed by atoms with Gasteiger partial charge in [0.1, 0.15) is 5.92 Å². The molecule has 0 saturated heterocycles. The van der Waals surface area contributed by atoms with Crippen LogP contribution in [0.5, 0.6) is 0 Å². The van der Waals surface area contributed by atoms with Crippen LogP contribution in [0.1, 0.15) is 61.4 Å². The lowest BCUT2D eigenvalue weighted by Crippen LogP contribution is -2.30. The largest absolute Gasteiger partial charge is 0.465 e. The zero-order chi connectivity index (χ0) is 18.5. The summed E-state index contributed by atoms with van der Waals surface area (Å²) in [5.41, 5.74) is 4.62. The van der Waals surface area contributed by atoms with E-state index in [0.717, 1.165) is 37.1 Å². The Bertz CT molecular complexity index is 717. The van der Waals surface area contributed by atoms with Gasteiger partial charge in [0.2, 0.25) is 0 Å². The maximum absolute atomic E-state index is 12.7. The van der Waals surface area contributed by atoms with Crippen molar-refractivity contribution in [1.29, 1.82) is 0 Å². The molecule has 138 valence electrons. The summed E-state index contributed by atoms with van der Waals surface area (Å²) < 4.78 is 5.49. The molecule has 4 bridgehead atoms. The number of hydrogen-bond donors (Lipinski definition) is 0. The second-order valence-corrected chi connectivity index (χ2v) is 6.95. The third kappa shape index (κ3) is 3.83. The molecule has 2 aromatic rings. The minimum absolute atomic E-state index is 0.160. The zero-order valence-corrected chi connectivity index (χ0v) is 16.1. The Morgan fingerprint density at radius 2 is 1.46 bits per heavy atom. The lowest BCUT2D eigenvalue weighted by atomic mass is 9.91. The number of hydrogen-bond acceptors (Lipinski definition) is 3. The van der Waals surface area contributed by atoms with Crippen LogP contribution in [-0.2, 0) is 16.0 Å². The molecule has 0 saturated carbocycles. The Balaban J connectivity index is 2.05. The van der Waals surface area contributed by atoms with E-state index in [1.54, 1.807) is 0 Å². The highest BCUT2D eigenvalue weighted by atomic mass is 16.5. The summed E-state index contributed by atoms with van der Waals surface area (Å²) in [6.07, 6.45) is 1.81. The number of ether oxygens (including phenoxy) is 1. The van der Waals surface area contributed by atoms with Crippen molar-refractivity contribution in [2.24, 2.45) is 0 Å². The van der Waals surface area contributed by atoms with Crippen LogP contribution in [0.15, 0.2) is 48.5 Å². The average molecular weight is 351 g/mol. The van der Waals surface area contributed by atoms with Gasteiger partial charge in [0.05, 0.1) is 6.61 Å². The van der Waals surface area contributed by atoms with Crippen molar-refractivity contribution in [1.82, 2.24) is 4.90 Å². The summed E-state index contributed by atoms with van der Waals surface area (Å²) in [7, 11) is 0. The third-order valence-electron chi connectivity index (χ3n) is 5.33. The van der Waals surface area contributed by atoms with Gasteiger partial charge >= 0.3 is 5.97 Å². The van der Waals surface area contributed by atoms with Crippen LogP contribution in [-0.4, -0.2) is 30.6 Å². The van der Waals surface area contributed by atoms with Crippen molar-refractivity contribution < 1.29 is 9.53 Å². The molecule has 4 aliphatic rings. The minimum Gasteiger partial charge on any atom is -0.465 e. The molecule has 4 aliphatic carbocycles. The molecule has 0 amide bonds. The predicted octanol–water partition coefficient (Wildman–Crippen LogP) is 4.71. The summed E-state index contributed by atoms with van der Waals surface area (Å²) in [5.74, 6) is -0.512. The molecule has 2 atom stereocenters. The number of rotatable bonds is 6. The van der Waals surface area contributed by atoms with Gasteiger partial charge in [0.15, 0.2) is 0 Å². The lowest BCUT2D eigenvalue weighted by molar-refractivity contribution is -0.144. The standard InChI is InChI=1S/C23H29NO2/c1-4-15-26-23(25)22-19-9-7-17(8-10-19)16-21(24(5-2)6-3)18-11-13-20(22)14-12-18/h7-14,21-22H,4-6,15-16H2,1-3H3. The highest BCUT2D eigenvalue weighted by Crippen LogP contribution is 2.32. The number of likely N-dealkylation sites (N-methyl/N-ethyl adjacent to an activating group) is 1. The van der Waals surface area contributed by atoms with Crippen LogP contribution in [0, 0.1) is 0 Å². The van der Waals surface area contributed by atoms with E-state index in [-0.39, 0.29) is 11.9 Å². The Labute approximate surface area is 157 Å². The topological polar surface area (TPSA) is 29.5 Å². The van der Waals surface area contributed by atoms with Crippen LogP contribution in [0.4, 0.5) is 0 Å². The zero-order valence-electron chi connectivity index (χ0n) is 16.1. The highest BCUT2D eigenvalue weighted by molar-refractivity contribution is 5.82. The molecule has 0 radical (unpaired) electrons. The van der Waals surface area contributed by atoms with Gasteiger partial charge in [-0.05, 0) is 48.2 Å². The van der Waals surface area contributed by atoms with Crippen molar-refractivity contribution in [2.75, 3.05) is 19.7 Å². The molecule has 0 fully saturated rings. The van der Waals surface area contributed by atoms with E-state index in [2.05, 4.69) is 67.3 Å². The number of carbonyl (C=O) groups excluding carboxylic acids is 1. The Hall–Kier alpha value is -2.13. The lowest BCUT2D eigenvalue weighted by Gasteiger charge is -2.30. The fraction of sp³-hybridized carbons (Fsp3) is 0.435. The second-order valence-electron chi connectivity index (χ2n) is 6.95. The summed E-state index contributed by atoms with van der Waals surface area (Å²) in [6, 6.07) is 17.4.